The molecular formula is C12H18N2O. The van der Waals surface area contributed by atoms with Crippen LogP contribution in [0.25, 0.3) is 0 Å². The van der Waals surface area contributed by atoms with Gasteiger partial charge in [0.2, 0.25) is 0 Å². The number of piperidine rings is 1. The average Bonchev–Trinajstić information content (AvgIpc) is 2.98. The van der Waals surface area contributed by atoms with Gasteiger partial charge in [0, 0.05) is 11.5 Å². The molecule has 1 aromatic heterocycles. The highest BCUT2D eigenvalue weighted by Gasteiger charge is 2.52. The Balaban J connectivity index is 1.83. The zero-order chi connectivity index (χ0) is 10.3. The molecule has 1 aliphatic carbocycles. The Kier molecular flexibility index (Phi) is 2.09. The topological polar surface area (TPSA) is 38.1 Å². The van der Waals surface area contributed by atoms with Crippen molar-refractivity contribution in [2.45, 2.75) is 38.0 Å². The van der Waals surface area contributed by atoms with Crippen LogP contribution in [0, 0.1) is 12.8 Å². The van der Waals surface area contributed by atoms with Crippen molar-refractivity contribution in [3.63, 3.8) is 0 Å². The van der Waals surface area contributed by atoms with Crippen LogP contribution in [-0.4, -0.2) is 18.2 Å². The summed E-state index contributed by atoms with van der Waals surface area (Å²) in [5, 5.41) is 7.66. The summed E-state index contributed by atoms with van der Waals surface area (Å²) >= 11 is 0. The van der Waals surface area contributed by atoms with Gasteiger partial charge in [-0.25, -0.2) is 0 Å². The summed E-state index contributed by atoms with van der Waals surface area (Å²) < 4.78 is 5.22. The quantitative estimate of drug-likeness (QED) is 0.804. The van der Waals surface area contributed by atoms with E-state index < -0.39 is 0 Å². The molecule has 1 aliphatic heterocycles. The molecule has 3 nitrogen and oxygen atoms in total. The second-order valence-electron chi connectivity index (χ2n) is 5.00. The van der Waals surface area contributed by atoms with E-state index in [1.54, 1.807) is 0 Å². The molecule has 0 atom stereocenters. The van der Waals surface area contributed by atoms with Gasteiger partial charge < -0.3 is 9.84 Å². The van der Waals surface area contributed by atoms with Gasteiger partial charge in [0.15, 0.2) is 0 Å². The number of hydrogen-bond acceptors (Lipinski definition) is 3. The highest BCUT2D eigenvalue weighted by Crippen LogP contribution is 2.55. The summed E-state index contributed by atoms with van der Waals surface area (Å²) in [5.74, 6) is 1.77. The number of nitrogens with one attached hydrogen (secondary N) is 1. The van der Waals surface area contributed by atoms with Crippen LogP contribution in [0.3, 0.4) is 0 Å². The highest BCUT2D eigenvalue weighted by molar-refractivity contribution is 5.26. The third-order valence-corrected chi connectivity index (χ3v) is 4.05. The Bertz CT molecular complexity index is 348. The van der Waals surface area contributed by atoms with Crippen molar-refractivity contribution in [2.75, 3.05) is 13.1 Å². The van der Waals surface area contributed by atoms with Crippen LogP contribution in [-0.2, 0) is 5.41 Å². The second-order valence-corrected chi connectivity index (χ2v) is 5.00. The van der Waals surface area contributed by atoms with Gasteiger partial charge in [-0.1, -0.05) is 5.16 Å². The lowest BCUT2D eigenvalue weighted by Crippen LogP contribution is -2.34. The molecule has 0 unspecified atom stereocenters. The minimum absolute atomic E-state index is 0.389. The van der Waals surface area contributed by atoms with Gasteiger partial charge in [-0.15, -0.1) is 0 Å². The fraction of sp³-hybridized carbons (Fsp3) is 0.750. The molecule has 1 saturated carbocycles. The van der Waals surface area contributed by atoms with E-state index in [2.05, 4.69) is 16.5 Å². The summed E-state index contributed by atoms with van der Waals surface area (Å²) in [5.41, 5.74) is 1.60. The van der Waals surface area contributed by atoms with E-state index >= 15 is 0 Å². The van der Waals surface area contributed by atoms with E-state index in [0.29, 0.717) is 5.41 Å². The largest absolute Gasteiger partial charge is 0.361 e. The van der Waals surface area contributed by atoms with Gasteiger partial charge >= 0.3 is 0 Å². The minimum Gasteiger partial charge on any atom is -0.361 e. The first kappa shape index (κ1) is 9.40. The number of nitrogens with zero attached hydrogens (tertiary/aromatic N) is 1. The first-order valence-corrected chi connectivity index (χ1v) is 5.96. The van der Waals surface area contributed by atoms with Crippen LogP contribution in [0.4, 0.5) is 0 Å². The average molecular weight is 206 g/mol. The Morgan fingerprint density at radius 2 is 2.13 bits per heavy atom. The molecule has 0 spiro atoms. The fourth-order valence-electron chi connectivity index (χ4n) is 2.98. The predicted octanol–water partition coefficient (Wildman–Crippen LogP) is 2.01. The molecule has 82 valence electrons. The molecular weight excluding hydrogens is 188 g/mol. The Morgan fingerprint density at radius 1 is 1.40 bits per heavy atom. The third-order valence-electron chi connectivity index (χ3n) is 4.05. The van der Waals surface area contributed by atoms with Gasteiger partial charge in [-0.2, -0.15) is 0 Å². The zero-order valence-corrected chi connectivity index (χ0v) is 9.25. The predicted molar refractivity (Wildman–Crippen MR) is 57.7 cm³/mol. The van der Waals surface area contributed by atoms with Crippen LogP contribution in [0.5, 0.6) is 0 Å². The van der Waals surface area contributed by atoms with Crippen LogP contribution in [0.2, 0.25) is 0 Å². The maximum Gasteiger partial charge on any atom is 0.133 e. The molecule has 0 amide bonds. The third kappa shape index (κ3) is 1.49. The first-order valence-electron chi connectivity index (χ1n) is 5.96. The minimum atomic E-state index is 0.389. The van der Waals surface area contributed by atoms with Gasteiger partial charge in [-0.05, 0) is 51.6 Å². The van der Waals surface area contributed by atoms with Crippen molar-refractivity contribution in [3.05, 3.63) is 17.5 Å². The van der Waals surface area contributed by atoms with Gasteiger partial charge in [0.25, 0.3) is 0 Å². The molecule has 0 bridgehead atoms. The van der Waals surface area contributed by atoms with Crippen molar-refractivity contribution in [2.24, 2.45) is 5.92 Å². The van der Waals surface area contributed by atoms with Gasteiger partial charge in [-0.3, -0.25) is 0 Å². The number of rotatable bonds is 2. The zero-order valence-electron chi connectivity index (χ0n) is 9.25. The van der Waals surface area contributed by atoms with E-state index in [4.69, 9.17) is 4.52 Å². The molecule has 0 radical (unpaired) electrons. The lowest BCUT2D eigenvalue weighted by atomic mass is 9.80. The number of hydrogen-bond donors (Lipinski definition) is 1. The smallest absolute Gasteiger partial charge is 0.133 e. The summed E-state index contributed by atoms with van der Waals surface area (Å²) in [6, 6.07) is 2.13. The van der Waals surface area contributed by atoms with Crippen molar-refractivity contribution >= 4 is 0 Å². The Labute approximate surface area is 90.2 Å². The highest BCUT2D eigenvalue weighted by atomic mass is 16.5. The maximum absolute atomic E-state index is 5.22. The van der Waals surface area contributed by atoms with Crippen LogP contribution < -0.4 is 5.32 Å². The number of aryl methyl sites for hydroxylation is 1. The molecule has 3 rings (SSSR count). The van der Waals surface area contributed by atoms with E-state index in [1.807, 2.05) is 6.92 Å². The van der Waals surface area contributed by atoms with E-state index in [9.17, 15) is 0 Å². The van der Waals surface area contributed by atoms with Crippen molar-refractivity contribution in [1.29, 1.82) is 0 Å². The monoisotopic (exact) mass is 206 g/mol. The normalized spacial score (nSPS) is 25.4. The van der Waals surface area contributed by atoms with Crippen molar-refractivity contribution < 1.29 is 4.52 Å². The molecule has 2 fully saturated rings. The Morgan fingerprint density at radius 3 is 2.67 bits per heavy atom. The van der Waals surface area contributed by atoms with Gasteiger partial charge in [0.05, 0.1) is 5.69 Å². The SMILES string of the molecule is Cc1cc(C2(C3CCNCC3)CC2)no1. The molecule has 2 heterocycles. The van der Waals surface area contributed by atoms with Crippen molar-refractivity contribution in [3.8, 4) is 0 Å². The summed E-state index contributed by atoms with van der Waals surface area (Å²) in [4.78, 5) is 0. The molecule has 0 aromatic carbocycles. The number of aromatic nitrogens is 1. The summed E-state index contributed by atoms with van der Waals surface area (Å²) in [6.45, 7) is 4.32. The summed E-state index contributed by atoms with van der Waals surface area (Å²) in [6.07, 6.45) is 5.21. The van der Waals surface area contributed by atoms with Crippen molar-refractivity contribution in [1.82, 2.24) is 10.5 Å². The van der Waals surface area contributed by atoms with Crippen LogP contribution in [0.15, 0.2) is 10.6 Å². The molecule has 15 heavy (non-hydrogen) atoms. The van der Waals surface area contributed by atoms with E-state index in [1.165, 1.54) is 44.5 Å². The summed E-state index contributed by atoms with van der Waals surface area (Å²) in [7, 11) is 0. The van der Waals surface area contributed by atoms with Gasteiger partial charge in [0.1, 0.15) is 5.76 Å². The van der Waals surface area contributed by atoms with Crippen LogP contribution >= 0.6 is 0 Å². The van der Waals surface area contributed by atoms with E-state index in [-0.39, 0.29) is 0 Å². The second kappa shape index (κ2) is 3.34. The molecule has 1 saturated heterocycles. The standard InChI is InChI=1S/C12H18N2O/c1-9-8-11(14-15-9)12(4-5-12)10-2-6-13-7-3-10/h8,10,13H,2-7H2,1H3. The molecule has 1 N–H and O–H groups in total. The molecule has 1 aromatic rings. The van der Waals surface area contributed by atoms with E-state index in [0.717, 1.165) is 11.7 Å². The van der Waals surface area contributed by atoms with Crippen LogP contribution in [0.1, 0.15) is 37.1 Å². The fourth-order valence-corrected chi connectivity index (χ4v) is 2.98. The lowest BCUT2D eigenvalue weighted by molar-refractivity contribution is 0.287. The first-order chi connectivity index (χ1) is 7.31. The molecule has 3 heteroatoms. The molecule has 2 aliphatic rings. The Hall–Kier alpha value is -0.830. The lowest BCUT2D eigenvalue weighted by Gasteiger charge is -2.29. The maximum atomic E-state index is 5.22.